The second-order valence-corrected chi connectivity index (χ2v) is 15.6. The zero-order chi connectivity index (χ0) is 22.7. The molecule has 1 fully saturated rings. The van der Waals surface area contributed by atoms with Crippen LogP contribution in [0.4, 0.5) is 0 Å². The third kappa shape index (κ3) is 5.79. The van der Waals surface area contributed by atoms with Gasteiger partial charge < -0.3 is 9.74 Å². The molecule has 30 heavy (non-hydrogen) atoms. The van der Waals surface area contributed by atoms with E-state index in [1.807, 2.05) is 0 Å². The van der Waals surface area contributed by atoms with Gasteiger partial charge in [0.2, 0.25) is 0 Å². The minimum absolute atomic E-state index is 0.135. The molecule has 2 rings (SSSR count). The number of nitrogens with zero attached hydrogens (tertiary/aromatic N) is 2. The SMILES string of the molecule is CC[Si](CC)(CC)OC(CNC1CC(C)(C)N(C)C(C)(C)C1)c1c(Cl)cncc1Cl. The number of nitrogens with one attached hydrogen (secondary N) is 1. The van der Waals surface area contributed by atoms with Crippen molar-refractivity contribution in [2.24, 2.45) is 0 Å². The largest absolute Gasteiger partial charge is 0.409 e. The third-order valence-corrected chi connectivity index (χ3v) is 12.7. The maximum atomic E-state index is 6.92. The number of halogens is 2. The van der Waals surface area contributed by atoms with Crippen molar-refractivity contribution in [1.82, 2.24) is 15.2 Å². The van der Waals surface area contributed by atoms with E-state index in [0.717, 1.165) is 36.5 Å². The zero-order valence-corrected chi connectivity index (χ0v) is 22.6. The Morgan fingerprint density at radius 2 is 1.53 bits per heavy atom. The molecular weight excluding hydrogens is 433 g/mol. The van der Waals surface area contributed by atoms with E-state index in [4.69, 9.17) is 27.6 Å². The summed E-state index contributed by atoms with van der Waals surface area (Å²) < 4.78 is 6.92. The predicted octanol–water partition coefficient (Wildman–Crippen LogP) is 6.69. The van der Waals surface area contributed by atoms with Crippen LogP contribution in [0.2, 0.25) is 28.2 Å². The molecule has 0 aliphatic carbocycles. The Bertz CT molecular complexity index is 663. The van der Waals surface area contributed by atoms with Crippen molar-refractivity contribution in [3.05, 3.63) is 28.0 Å². The highest BCUT2D eigenvalue weighted by atomic mass is 35.5. The highest BCUT2D eigenvalue weighted by Gasteiger charge is 2.43. The van der Waals surface area contributed by atoms with Gasteiger partial charge in [-0.25, -0.2) is 0 Å². The van der Waals surface area contributed by atoms with Gasteiger partial charge in [0, 0.05) is 41.6 Å². The Labute approximate surface area is 195 Å². The van der Waals surface area contributed by atoms with Crippen molar-refractivity contribution in [2.45, 2.75) is 103 Å². The number of hydrogen-bond acceptors (Lipinski definition) is 4. The van der Waals surface area contributed by atoms with Crippen LogP contribution >= 0.6 is 23.2 Å². The summed E-state index contributed by atoms with van der Waals surface area (Å²) in [6.45, 7) is 16.8. The normalized spacial score (nSPS) is 21.0. The van der Waals surface area contributed by atoms with Gasteiger partial charge in [-0.15, -0.1) is 0 Å². The average Bonchev–Trinajstić information content (AvgIpc) is 2.67. The molecule has 172 valence electrons. The van der Waals surface area contributed by atoms with Crippen molar-refractivity contribution in [3.8, 4) is 0 Å². The molecule has 1 N–H and O–H groups in total. The van der Waals surface area contributed by atoms with Crippen LogP contribution in [0, 0.1) is 0 Å². The smallest absolute Gasteiger partial charge is 0.192 e. The van der Waals surface area contributed by atoms with Crippen molar-refractivity contribution < 1.29 is 4.43 Å². The topological polar surface area (TPSA) is 37.4 Å². The molecule has 1 atom stereocenters. The van der Waals surface area contributed by atoms with Crippen LogP contribution < -0.4 is 5.32 Å². The van der Waals surface area contributed by atoms with E-state index >= 15 is 0 Å². The number of likely N-dealkylation sites (tertiary alicyclic amines) is 1. The lowest BCUT2D eigenvalue weighted by atomic mass is 9.77. The first-order valence-electron chi connectivity index (χ1n) is 11.4. The summed E-state index contributed by atoms with van der Waals surface area (Å²) in [5.74, 6) is 0. The van der Waals surface area contributed by atoms with Crippen LogP contribution in [0.15, 0.2) is 12.4 Å². The van der Waals surface area contributed by atoms with Gasteiger partial charge in [0.25, 0.3) is 0 Å². The second kappa shape index (κ2) is 10.2. The lowest BCUT2D eigenvalue weighted by Crippen LogP contribution is -2.62. The highest BCUT2D eigenvalue weighted by molar-refractivity contribution is 6.73. The van der Waals surface area contributed by atoms with Crippen LogP contribution in [0.3, 0.4) is 0 Å². The molecule has 1 aliphatic heterocycles. The van der Waals surface area contributed by atoms with Crippen LogP contribution in [-0.2, 0) is 4.43 Å². The van der Waals surface area contributed by atoms with E-state index in [9.17, 15) is 0 Å². The molecule has 0 bridgehead atoms. The number of rotatable bonds is 9. The molecule has 7 heteroatoms. The first-order valence-corrected chi connectivity index (χ1v) is 14.6. The van der Waals surface area contributed by atoms with Gasteiger partial charge in [-0.1, -0.05) is 44.0 Å². The van der Waals surface area contributed by atoms with Crippen molar-refractivity contribution in [2.75, 3.05) is 13.6 Å². The fourth-order valence-corrected chi connectivity index (χ4v) is 8.44. The molecule has 1 saturated heterocycles. The van der Waals surface area contributed by atoms with E-state index in [2.05, 4.69) is 70.7 Å². The van der Waals surface area contributed by atoms with Gasteiger partial charge in [-0.05, 0) is 65.7 Å². The van der Waals surface area contributed by atoms with Gasteiger partial charge >= 0.3 is 0 Å². The van der Waals surface area contributed by atoms with Gasteiger partial charge in [-0.3, -0.25) is 9.88 Å². The summed E-state index contributed by atoms with van der Waals surface area (Å²) in [7, 11) is 0.389. The lowest BCUT2D eigenvalue weighted by Gasteiger charge is -2.54. The second-order valence-electron chi connectivity index (χ2n) is 10.1. The molecule has 2 heterocycles. The maximum absolute atomic E-state index is 6.92. The zero-order valence-electron chi connectivity index (χ0n) is 20.1. The van der Waals surface area contributed by atoms with E-state index in [0.29, 0.717) is 22.6 Å². The Morgan fingerprint density at radius 1 is 1.07 bits per heavy atom. The first-order chi connectivity index (χ1) is 13.9. The van der Waals surface area contributed by atoms with E-state index in [-0.39, 0.29) is 17.2 Å². The summed E-state index contributed by atoms with van der Waals surface area (Å²) in [6.07, 6.45) is 5.37. The fourth-order valence-electron chi connectivity index (χ4n) is 5.02. The van der Waals surface area contributed by atoms with Crippen LogP contribution in [-0.4, -0.2) is 48.9 Å². The van der Waals surface area contributed by atoms with Crippen molar-refractivity contribution in [1.29, 1.82) is 0 Å². The Kier molecular flexibility index (Phi) is 8.85. The lowest BCUT2D eigenvalue weighted by molar-refractivity contribution is -0.0197. The fraction of sp³-hybridized carbons (Fsp3) is 0.783. The van der Waals surface area contributed by atoms with Crippen LogP contribution in [0.25, 0.3) is 0 Å². The van der Waals surface area contributed by atoms with E-state index in [1.165, 1.54) is 0 Å². The number of pyridine rings is 1. The molecule has 1 aromatic rings. The monoisotopic (exact) mass is 473 g/mol. The van der Waals surface area contributed by atoms with Gasteiger partial charge in [0.15, 0.2) is 8.32 Å². The molecular formula is C23H41Cl2N3OSi. The molecule has 0 saturated carbocycles. The summed E-state index contributed by atoms with van der Waals surface area (Å²) in [6, 6.07) is 3.68. The number of piperidine rings is 1. The average molecular weight is 475 g/mol. The van der Waals surface area contributed by atoms with Gasteiger partial charge in [0.05, 0.1) is 16.1 Å². The third-order valence-electron chi connectivity index (χ3n) is 7.44. The number of aromatic nitrogens is 1. The Hall–Kier alpha value is -0.173. The van der Waals surface area contributed by atoms with E-state index < -0.39 is 8.32 Å². The van der Waals surface area contributed by atoms with Crippen molar-refractivity contribution >= 4 is 31.5 Å². The maximum Gasteiger partial charge on any atom is 0.192 e. The first kappa shape index (κ1) is 26.1. The molecule has 0 radical (unpaired) electrons. The minimum Gasteiger partial charge on any atom is -0.409 e. The Morgan fingerprint density at radius 3 is 1.97 bits per heavy atom. The minimum atomic E-state index is -1.85. The molecule has 1 unspecified atom stereocenters. The summed E-state index contributed by atoms with van der Waals surface area (Å²) in [5, 5.41) is 5.01. The summed E-state index contributed by atoms with van der Waals surface area (Å²) >= 11 is 13.1. The quantitative estimate of drug-likeness (QED) is 0.405. The summed E-state index contributed by atoms with van der Waals surface area (Å²) in [5.41, 5.74) is 1.15. The summed E-state index contributed by atoms with van der Waals surface area (Å²) in [4.78, 5) is 6.65. The van der Waals surface area contributed by atoms with Gasteiger partial charge in [0.1, 0.15) is 0 Å². The molecule has 0 spiro atoms. The highest BCUT2D eigenvalue weighted by Crippen LogP contribution is 2.39. The van der Waals surface area contributed by atoms with E-state index in [1.54, 1.807) is 12.4 Å². The predicted molar refractivity (Wildman–Crippen MR) is 132 cm³/mol. The molecule has 0 aromatic carbocycles. The van der Waals surface area contributed by atoms with Crippen LogP contribution in [0.1, 0.15) is 73.0 Å². The van der Waals surface area contributed by atoms with Crippen LogP contribution in [0.5, 0.6) is 0 Å². The number of hydrogen-bond donors (Lipinski definition) is 1. The molecule has 1 aromatic heterocycles. The molecule has 1 aliphatic rings. The molecule has 0 amide bonds. The van der Waals surface area contributed by atoms with Crippen molar-refractivity contribution in [3.63, 3.8) is 0 Å². The standard InChI is InChI=1S/C23H41Cl2N3OSi/c1-9-30(10-2,11-3)29-20(21-18(24)14-26-15-19(21)25)16-27-17-12-22(4,5)28(8)23(6,7)13-17/h14-15,17,20,27H,9-13,16H2,1-8H3. The Balaban J connectivity index is 2.28. The van der Waals surface area contributed by atoms with Gasteiger partial charge in [-0.2, -0.15) is 0 Å². The molecule has 4 nitrogen and oxygen atoms in total.